The van der Waals surface area contributed by atoms with Gasteiger partial charge in [0.15, 0.2) is 17.3 Å². The van der Waals surface area contributed by atoms with Crippen LogP contribution in [0.25, 0.3) is 5.00 Å². The van der Waals surface area contributed by atoms with Gasteiger partial charge in [0.05, 0.1) is 43.5 Å². The third-order valence-corrected chi connectivity index (χ3v) is 10.4. The third-order valence-electron chi connectivity index (χ3n) is 7.25. The van der Waals surface area contributed by atoms with Crippen LogP contribution in [0.15, 0.2) is 46.3 Å². The highest BCUT2D eigenvalue weighted by Gasteiger charge is 2.32. The molecule has 212 valence electrons. The van der Waals surface area contributed by atoms with Crippen LogP contribution in [0.1, 0.15) is 33.2 Å². The monoisotopic (exact) mass is 625 g/mol. The van der Waals surface area contributed by atoms with Crippen molar-refractivity contribution in [2.24, 2.45) is 4.99 Å². The Hall–Kier alpha value is -3.12. The normalized spacial score (nSPS) is 14.0. The van der Waals surface area contributed by atoms with Crippen molar-refractivity contribution < 1.29 is 14.2 Å². The largest absolute Gasteiger partial charge is 0.493 e. The second-order valence-electron chi connectivity index (χ2n) is 9.51. The number of halogens is 1. The predicted molar refractivity (Wildman–Crippen MR) is 168 cm³/mol. The van der Waals surface area contributed by atoms with Gasteiger partial charge >= 0.3 is 0 Å². The highest BCUT2D eigenvalue weighted by molar-refractivity contribution is 8.01. The lowest BCUT2D eigenvalue weighted by Gasteiger charge is -2.30. The lowest BCUT2D eigenvalue weighted by atomic mass is 9.95. The molecular weight excluding hydrogens is 598 g/mol. The molecule has 6 rings (SSSR count). The van der Waals surface area contributed by atoms with Gasteiger partial charge in [-0.3, -0.25) is 9.56 Å². The Morgan fingerprint density at radius 2 is 1.88 bits per heavy atom. The van der Waals surface area contributed by atoms with Crippen LogP contribution in [0.2, 0.25) is 5.02 Å². The van der Waals surface area contributed by atoms with E-state index in [2.05, 4.69) is 19.7 Å². The number of thiophene rings is 1. The maximum atomic E-state index is 6.69. The van der Waals surface area contributed by atoms with E-state index in [1.54, 1.807) is 44.4 Å². The van der Waals surface area contributed by atoms with Gasteiger partial charge in [-0.2, -0.15) is 0 Å². The molecule has 0 aliphatic carbocycles. The van der Waals surface area contributed by atoms with Gasteiger partial charge in [0.1, 0.15) is 17.4 Å². The molecule has 0 atom stereocenters. The van der Waals surface area contributed by atoms with Gasteiger partial charge in [-0.1, -0.05) is 42.0 Å². The second-order valence-corrected chi connectivity index (χ2v) is 12.5. The summed E-state index contributed by atoms with van der Waals surface area (Å²) in [7, 11) is 4.86. The van der Waals surface area contributed by atoms with E-state index in [1.807, 2.05) is 43.3 Å². The van der Waals surface area contributed by atoms with Crippen LogP contribution < -0.4 is 14.2 Å². The number of hydrogen-bond donors (Lipinski definition) is 0. The molecule has 41 heavy (non-hydrogen) atoms. The summed E-state index contributed by atoms with van der Waals surface area (Å²) in [4.78, 5) is 10.4. The molecule has 0 saturated heterocycles. The standard InChI is InChI=1S/C29H28ClN5O3S3/c1-16-32-33-23-13-31-26(17-7-5-6-8-19(17)30)25-18-11-12-34(14-22(18)41-29(25)35(16)23)24(39)15-40-21-10-9-20(36-2)27(37-3)28(21)38-4/h5-10H,11-15H2,1-4H3. The van der Waals surface area contributed by atoms with Gasteiger partial charge in [0.25, 0.3) is 0 Å². The van der Waals surface area contributed by atoms with Gasteiger partial charge in [-0.15, -0.1) is 33.3 Å². The number of thioether (sulfide) groups is 1. The van der Waals surface area contributed by atoms with Crippen molar-refractivity contribution in [2.45, 2.75) is 31.3 Å². The minimum Gasteiger partial charge on any atom is -0.493 e. The minimum absolute atomic E-state index is 0.449. The van der Waals surface area contributed by atoms with E-state index in [1.165, 1.54) is 10.4 Å². The predicted octanol–water partition coefficient (Wildman–Crippen LogP) is 6.15. The van der Waals surface area contributed by atoms with Crippen molar-refractivity contribution in [3.05, 3.63) is 74.6 Å². The van der Waals surface area contributed by atoms with E-state index in [4.69, 9.17) is 43.0 Å². The summed E-state index contributed by atoms with van der Waals surface area (Å²) in [5, 5.41) is 10.6. The fraction of sp³-hybridized carbons (Fsp3) is 0.310. The molecule has 2 aliphatic heterocycles. The first-order valence-electron chi connectivity index (χ1n) is 13.0. The molecular formula is C29H28ClN5O3S3. The first-order chi connectivity index (χ1) is 19.9. The Balaban J connectivity index is 1.29. The fourth-order valence-electron chi connectivity index (χ4n) is 5.30. The quantitative estimate of drug-likeness (QED) is 0.179. The van der Waals surface area contributed by atoms with E-state index < -0.39 is 0 Å². The molecule has 0 radical (unpaired) electrons. The van der Waals surface area contributed by atoms with Gasteiger partial charge in [0, 0.05) is 33.3 Å². The minimum atomic E-state index is 0.449. The molecule has 0 spiro atoms. The zero-order valence-corrected chi connectivity index (χ0v) is 26.3. The van der Waals surface area contributed by atoms with Gasteiger partial charge in [-0.25, -0.2) is 0 Å². The summed E-state index contributed by atoms with van der Waals surface area (Å²) >= 11 is 16.0. The first kappa shape index (κ1) is 28.0. The third kappa shape index (κ3) is 4.98. The number of aromatic nitrogens is 3. The molecule has 2 aromatic heterocycles. The number of methoxy groups -OCH3 is 3. The number of rotatable bonds is 7. The van der Waals surface area contributed by atoms with E-state index in [0.29, 0.717) is 34.6 Å². The summed E-state index contributed by atoms with van der Waals surface area (Å²) in [5.41, 5.74) is 4.29. The van der Waals surface area contributed by atoms with Crippen LogP contribution in [0.5, 0.6) is 17.2 Å². The van der Waals surface area contributed by atoms with Crippen LogP contribution in [-0.4, -0.2) is 64.0 Å². The van der Waals surface area contributed by atoms with E-state index in [9.17, 15) is 0 Å². The molecule has 12 heteroatoms. The van der Waals surface area contributed by atoms with Crippen LogP contribution in [0.3, 0.4) is 0 Å². The molecule has 0 amide bonds. The van der Waals surface area contributed by atoms with Crippen molar-refractivity contribution in [3.63, 3.8) is 0 Å². The van der Waals surface area contributed by atoms with Crippen molar-refractivity contribution in [1.82, 2.24) is 19.7 Å². The Labute approximate surface area is 257 Å². The number of hydrogen-bond acceptors (Lipinski definition) is 9. The Morgan fingerprint density at radius 1 is 1.07 bits per heavy atom. The van der Waals surface area contributed by atoms with E-state index in [0.717, 1.165) is 62.9 Å². The number of fused-ring (bicyclic) bond motifs is 5. The molecule has 0 saturated carbocycles. The molecule has 8 nitrogen and oxygen atoms in total. The number of nitrogens with zero attached hydrogens (tertiary/aromatic N) is 5. The van der Waals surface area contributed by atoms with Crippen molar-refractivity contribution in [1.29, 1.82) is 0 Å². The molecule has 0 fully saturated rings. The maximum absolute atomic E-state index is 6.69. The molecule has 0 unspecified atom stereocenters. The molecule has 0 bridgehead atoms. The maximum Gasteiger partial charge on any atom is 0.204 e. The SMILES string of the molecule is COc1ccc(SCC(=S)N2CCc3c(sc4c3C(c3ccccc3Cl)=NCc3nnc(C)n3-4)C2)c(OC)c1OC. The average molecular weight is 626 g/mol. The van der Waals surface area contributed by atoms with Gasteiger partial charge in [0.2, 0.25) is 5.75 Å². The lowest BCUT2D eigenvalue weighted by molar-refractivity contribution is 0.319. The summed E-state index contributed by atoms with van der Waals surface area (Å²) in [5.74, 6) is 4.17. The van der Waals surface area contributed by atoms with Crippen LogP contribution in [-0.2, 0) is 19.5 Å². The first-order valence-corrected chi connectivity index (χ1v) is 15.6. The number of aliphatic imine (C=N–C) groups is 1. The zero-order chi connectivity index (χ0) is 28.7. The molecule has 2 aliphatic rings. The molecule has 4 heterocycles. The van der Waals surface area contributed by atoms with Gasteiger partial charge in [-0.05, 0) is 37.1 Å². The van der Waals surface area contributed by atoms with Crippen molar-refractivity contribution in [2.75, 3.05) is 33.6 Å². The molecule has 4 aromatic rings. The summed E-state index contributed by atoms with van der Waals surface area (Å²) < 4.78 is 18.8. The lowest BCUT2D eigenvalue weighted by Crippen LogP contribution is -2.35. The number of benzene rings is 2. The zero-order valence-electron chi connectivity index (χ0n) is 23.1. The smallest absolute Gasteiger partial charge is 0.204 e. The van der Waals surface area contributed by atoms with Crippen LogP contribution in [0.4, 0.5) is 0 Å². The Kier molecular flexibility index (Phi) is 7.95. The van der Waals surface area contributed by atoms with Crippen molar-refractivity contribution >= 4 is 57.6 Å². The molecule has 0 N–H and O–H groups in total. The highest BCUT2D eigenvalue weighted by atomic mass is 35.5. The topological polar surface area (TPSA) is 74.0 Å². The second kappa shape index (κ2) is 11.6. The van der Waals surface area contributed by atoms with Crippen LogP contribution >= 0.6 is 46.9 Å². The summed E-state index contributed by atoms with van der Waals surface area (Å²) in [6.07, 6.45) is 0.853. The number of thiocarbonyl (C=S) groups is 1. The van der Waals surface area contributed by atoms with E-state index in [-0.39, 0.29) is 0 Å². The highest BCUT2D eigenvalue weighted by Crippen LogP contribution is 2.44. The summed E-state index contributed by atoms with van der Waals surface area (Å²) in [6.45, 7) is 4.00. The average Bonchev–Trinajstić information content (AvgIpc) is 3.50. The number of aryl methyl sites for hydroxylation is 1. The number of ether oxygens (including phenoxy) is 3. The fourth-order valence-corrected chi connectivity index (χ4v) is 8.22. The Bertz CT molecular complexity index is 1680. The summed E-state index contributed by atoms with van der Waals surface area (Å²) in [6, 6.07) is 11.8. The van der Waals surface area contributed by atoms with Crippen LogP contribution in [0, 0.1) is 6.92 Å². The molecule has 2 aromatic carbocycles. The Morgan fingerprint density at radius 3 is 2.63 bits per heavy atom. The van der Waals surface area contributed by atoms with Gasteiger partial charge < -0.3 is 19.1 Å². The van der Waals surface area contributed by atoms with E-state index >= 15 is 0 Å². The van der Waals surface area contributed by atoms with Crippen molar-refractivity contribution in [3.8, 4) is 22.2 Å².